The van der Waals surface area contributed by atoms with Crippen LogP contribution in [0.25, 0.3) is 0 Å². The summed E-state index contributed by atoms with van der Waals surface area (Å²) in [4.78, 5) is 14.1. The number of piperazine rings is 1. The van der Waals surface area contributed by atoms with Crippen molar-refractivity contribution in [2.24, 2.45) is 5.73 Å². The predicted octanol–water partition coefficient (Wildman–Crippen LogP) is 0.720. The molecule has 1 heterocycles. The highest BCUT2D eigenvalue weighted by atomic mass is 32.2. The second-order valence-corrected chi connectivity index (χ2v) is 9.90. The predicted molar refractivity (Wildman–Crippen MR) is 103 cm³/mol. The summed E-state index contributed by atoms with van der Waals surface area (Å²) in [5, 5.41) is 0. The molecule has 0 aromatic rings. The molecule has 9 heteroatoms. The molecule has 2 fully saturated rings. The molecule has 7 nitrogen and oxygen atoms in total. The summed E-state index contributed by atoms with van der Waals surface area (Å²) in [6, 6.07) is -0.376. The van der Waals surface area contributed by atoms with Gasteiger partial charge in [0.2, 0.25) is 5.91 Å². The minimum Gasteiger partial charge on any atom is -0.339 e. The summed E-state index contributed by atoms with van der Waals surface area (Å²) >= 11 is 1.67. The largest absolute Gasteiger partial charge is 0.339 e. The van der Waals surface area contributed by atoms with Gasteiger partial charge in [-0.25, -0.2) is 0 Å². The molecule has 2 rings (SSSR count). The molecule has 2 N–H and O–H groups in total. The Labute approximate surface area is 156 Å². The van der Waals surface area contributed by atoms with Gasteiger partial charge in [-0.3, -0.25) is 4.79 Å². The van der Waals surface area contributed by atoms with E-state index in [1.54, 1.807) is 28.0 Å². The molecule has 1 unspecified atom stereocenters. The number of hydrogen-bond donors (Lipinski definition) is 1. The van der Waals surface area contributed by atoms with Crippen molar-refractivity contribution < 1.29 is 13.2 Å². The molecule has 0 aromatic carbocycles. The third-order valence-corrected chi connectivity index (χ3v) is 7.97. The van der Waals surface area contributed by atoms with Crippen molar-refractivity contribution in [2.75, 3.05) is 45.2 Å². The lowest BCUT2D eigenvalue weighted by molar-refractivity contribution is -0.133. The molecule has 1 saturated carbocycles. The average Bonchev–Trinajstić information content (AvgIpc) is 2.65. The van der Waals surface area contributed by atoms with Crippen LogP contribution in [0.5, 0.6) is 0 Å². The smallest absolute Gasteiger partial charge is 0.282 e. The second kappa shape index (κ2) is 9.55. The number of hydrogen-bond acceptors (Lipinski definition) is 5. The van der Waals surface area contributed by atoms with E-state index in [1.807, 2.05) is 6.26 Å². The fourth-order valence-electron chi connectivity index (χ4n) is 3.56. The first-order chi connectivity index (χ1) is 11.9. The lowest BCUT2D eigenvalue weighted by Gasteiger charge is -2.39. The summed E-state index contributed by atoms with van der Waals surface area (Å²) < 4.78 is 28.8. The van der Waals surface area contributed by atoms with E-state index >= 15 is 0 Å². The van der Waals surface area contributed by atoms with Crippen molar-refractivity contribution in [1.82, 2.24) is 13.5 Å². The zero-order valence-electron chi connectivity index (χ0n) is 15.4. The Balaban J connectivity index is 1.88. The van der Waals surface area contributed by atoms with E-state index < -0.39 is 16.3 Å². The van der Waals surface area contributed by atoms with E-state index in [9.17, 15) is 13.2 Å². The highest BCUT2D eigenvalue weighted by Crippen LogP contribution is 2.25. The zero-order chi connectivity index (χ0) is 18.4. The Kier molecular flexibility index (Phi) is 8.00. The van der Waals surface area contributed by atoms with Crippen LogP contribution in [0.15, 0.2) is 0 Å². The Morgan fingerprint density at radius 3 is 2.36 bits per heavy atom. The van der Waals surface area contributed by atoms with Crippen LogP contribution in [-0.2, 0) is 15.0 Å². The van der Waals surface area contributed by atoms with Crippen LogP contribution in [0.1, 0.15) is 38.5 Å². The topological polar surface area (TPSA) is 87.0 Å². The quantitative estimate of drug-likeness (QED) is 0.690. The summed E-state index contributed by atoms with van der Waals surface area (Å²) in [5.41, 5.74) is 5.96. The van der Waals surface area contributed by atoms with Crippen molar-refractivity contribution >= 4 is 27.9 Å². The van der Waals surface area contributed by atoms with Crippen LogP contribution in [-0.4, -0.2) is 85.2 Å². The number of nitrogens with two attached hydrogens (primary N) is 1. The molecule has 1 aliphatic heterocycles. The summed E-state index contributed by atoms with van der Waals surface area (Å²) in [6.45, 7) is 1.54. The molecule has 0 radical (unpaired) electrons. The highest BCUT2D eigenvalue weighted by molar-refractivity contribution is 7.98. The Morgan fingerprint density at radius 1 is 1.20 bits per heavy atom. The molecule has 1 atom stereocenters. The van der Waals surface area contributed by atoms with Gasteiger partial charge < -0.3 is 10.6 Å². The van der Waals surface area contributed by atoms with Crippen molar-refractivity contribution in [3.05, 3.63) is 0 Å². The fraction of sp³-hybridized carbons (Fsp3) is 0.938. The second-order valence-electron chi connectivity index (χ2n) is 6.93. The van der Waals surface area contributed by atoms with Gasteiger partial charge in [-0.2, -0.15) is 28.8 Å². The van der Waals surface area contributed by atoms with E-state index in [0.717, 1.165) is 31.4 Å². The highest BCUT2D eigenvalue weighted by Gasteiger charge is 2.35. The molecule has 146 valence electrons. The van der Waals surface area contributed by atoms with Crippen molar-refractivity contribution in [3.8, 4) is 0 Å². The van der Waals surface area contributed by atoms with Gasteiger partial charge in [0.15, 0.2) is 0 Å². The molecular weight excluding hydrogens is 360 g/mol. The number of nitrogens with zero attached hydrogens (tertiary/aromatic N) is 3. The van der Waals surface area contributed by atoms with Crippen LogP contribution in [0.2, 0.25) is 0 Å². The van der Waals surface area contributed by atoms with Crippen molar-refractivity contribution in [3.63, 3.8) is 0 Å². The summed E-state index contributed by atoms with van der Waals surface area (Å²) in [7, 11) is -1.76. The first kappa shape index (κ1) is 21.0. The van der Waals surface area contributed by atoms with E-state index in [2.05, 4.69) is 0 Å². The van der Waals surface area contributed by atoms with Gasteiger partial charge in [0.05, 0.1) is 6.04 Å². The molecule has 25 heavy (non-hydrogen) atoms. The van der Waals surface area contributed by atoms with Gasteiger partial charge in [-0.05, 0) is 31.3 Å². The average molecular weight is 393 g/mol. The first-order valence-electron chi connectivity index (χ1n) is 9.14. The SMILES string of the molecule is CSCCC(N)C(=O)N1CCN(S(=O)(=O)N(C)C2CCCCC2)CC1. The van der Waals surface area contributed by atoms with Gasteiger partial charge >= 0.3 is 0 Å². The lowest BCUT2D eigenvalue weighted by Crippen LogP contribution is -2.57. The molecule has 1 aliphatic carbocycles. The van der Waals surface area contributed by atoms with E-state index in [0.29, 0.717) is 32.6 Å². The number of carbonyl (C=O) groups is 1. The van der Waals surface area contributed by atoms with Gasteiger partial charge in [-0.1, -0.05) is 19.3 Å². The Hall–Kier alpha value is -0.350. The molecule has 1 amide bonds. The van der Waals surface area contributed by atoms with Gasteiger partial charge in [0, 0.05) is 39.3 Å². The van der Waals surface area contributed by atoms with Crippen LogP contribution in [0.4, 0.5) is 0 Å². The maximum Gasteiger partial charge on any atom is 0.282 e. The third kappa shape index (κ3) is 5.32. The van der Waals surface area contributed by atoms with Crippen LogP contribution >= 0.6 is 11.8 Å². The molecular formula is C16H32N4O3S2. The van der Waals surface area contributed by atoms with Crippen LogP contribution in [0, 0.1) is 0 Å². The molecule has 0 bridgehead atoms. The number of amides is 1. The van der Waals surface area contributed by atoms with E-state index in [-0.39, 0.29) is 11.9 Å². The van der Waals surface area contributed by atoms with Gasteiger partial charge in [-0.15, -0.1) is 0 Å². The van der Waals surface area contributed by atoms with Crippen molar-refractivity contribution in [1.29, 1.82) is 0 Å². The monoisotopic (exact) mass is 392 g/mol. The van der Waals surface area contributed by atoms with Crippen LogP contribution in [0.3, 0.4) is 0 Å². The summed E-state index contributed by atoms with van der Waals surface area (Å²) in [6.07, 6.45) is 7.92. The standard InChI is InChI=1S/C16H32N4O3S2/c1-18(14-6-4-3-5-7-14)25(22,23)20-11-9-19(10-12-20)16(21)15(17)8-13-24-2/h14-15H,3-13,17H2,1-2H3. The minimum absolute atomic E-state index is 0.0632. The molecule has 2 aliphatic rings. The number of rotatable bonds is 7. The van der Waals surface area contributed by atoms with Gasteiger partial charge in [0.25, 0.3) is 10.2 Å². The Morgan fingerprint density at radius 2 is 1.80 bits per heavy atom. The third-order valence-electron chi connectivity index (χ3n) is 5.28. The van der Waals surface area contributed by atoms with Crippen molar-refractivity contribution in [2.45, 2.75) is 50.6 Å². The maximum absolute atomic E-state index is 12.9. The number of thioether (sulfide) groups is 1. The molecule has 1 saturated heterocycles. The number of carbonyl (C=O) groups excluding carboxylic acids is 1. The fourth-order valence-corrected chi connectivity index (χ4v) is 5.62. The normalized spacial score (nSPS) is 22.3. The van der Waals surface area contributed by atoms with E-state index in [4.69, 9.17) is 5.73 Å². The zero-order valence-corrected chi connectivity index (χ0v) is 17.0. The minimum atomic E-state index is -3.45. The van der Waals surface area contributed by atoms with E-state index in [1.165, 1.54) is 10.7 Å². The van der Waals surface area contributed by atoms with Crippen LogP contribution < -0.4 is 5.73 Å². The van der Waals surface area contributed by atoms with Gasteiger partial charge in [0.1, 0.15) is 0 Å². The first-order valence-corrected chi connectivity index (χ1v) is 11.9. The lowest BCUT2D eigenvalue weighted by atomic mass is 9.96. The molecule has 0 spiro atoms. The summed E-state index contributed by atoms with van der Waals surface area (Å²) in [5.74, 6) is 0.791. The molecule has 0 aromatic heterocycles. The Bertz CT molecular complexity index is 529. The maximum atomic E-state index is 12.9.